The number of amides is 2. The van der Waals surface area contributed by atoms with Gasteiger partial charge in [-0.25, -0.2) is 4.79 Å². The summed E-state index contributed by atoms with van der Waals surface area (Å²) in [6.07, 6.45) is -0.603. The van der Waals surface area contributed by atoms with Crippen molar-refractivity contribution in [1.29, 1.82) is 0 Å². The zero-order valence-electron chi connectivity index (χ0n) is 11.8. The molecule has 0 aliphatic heterocycles. The summed E-state index contributed by atoms with van der Waals surface area (Å²) in [6, 6.07) is -0.894. The molecule has 0 aliphatic carbocycles. The number of rotatable bonds is 6. The number of ether oxygens (including phenoxy) is 1. The monoisotopic (exact) mass is 274 g/mol. The molecule has 0 spiro atoms. The number of carbonyl (C=O) groups excluding carboxylic acids is 3. The van der Waals surface area contributed by atoms with Gasteiger partial charge in [0.25, 0.3) is 0 Å². The summed E-state index contributed by atoms with van der Waals surface area (Å²) in [7, 11) is 0. The average Bonchev–Trinajstić information content (AvgIpc) is 2.22. The maximum Gasteiger partial charge on any atom is 0.407 e. The smallest absolute Gasteiger partial charge is 0.407 e. The Morgan fingerprint density at radius 3 is 2.26 bits per heavy atom. The zero-order valence-corrected chi connectivity index (χ0v) is 11.8. The summed E-state index contributed by atoms with van der Waals surface area (Å²) in [5.74, 6) is -0.749. The Bertz CT molecular complexity index is 336. The standard InChI is InChI=1S/C12H22N2O5/c1-8(16)9(7-15)14-10(17)5-6-13-11(18)19-12(2,3)4/h9,15H,5-7H2,1-4H3,(H,13,18)(H,14,17). The summed E-state index contributed by atoms with van der Waals surface area (Å²) in [6.45, 7) is 6.13. The van der Waals surface area contributed by atoms with E-state index in [0.29, 0.717) is 0 Å². The van der Waals surface area contributed by atoms with Crippen LogP contribution in [0.1, 0.15) is 34.1 Å². The number of nitrogens with one attached hydrogen (secondary N) is 2. The van der Waals surface area contributed by atoms with E-state index >= 15 is 0 Å². The predicted molar refractivity (Wildman–Crippen MR) is 68.6 cm³/mol. The van der Waals surface area contributed by atoms with Gasteiger partial charge in [-0.05, 0) is 27.7 Å². The third-order valence-electron chi connectivity index (χ3n) is 2.03. The van der Waals surface area contributed by atoms with Crippen LogP contribution in [-0.2, 0) is 14.3 Å². The minimum atomic E-state index is -0.894. The van der Waals surface area contributed by atoms with Gasteiger partial charge in [0.15, 0.2) is 5.78 Å². The molecule has 0 aromatic heterocycles. The van der Waals surface area contributed by atoms with E-state index in [2.05, 4.69) is 10.6 Å². The van der Waals surface area contributed by atoms with Crippen molar-refractivity contribution in [2.75, 3.05) is 13.2 Å². The second kappa shape index (κ2) is 7.73. The molecule has 0 aliphatic rings. The van der Waals surface area contributed by atoms with E-state index in [-0.39, 0.29) is 18.7 Å². The Morgan fingerprint density at radius 2 is 1.84 bits per heavy atom. The molecule has 19 heavy (non-hydrogen) atoms. The van der Waals surface area contributed by atoms with Crippen molar-refractivity contribution >= 4 is 17.8 Å². The first-order valence-electron chi connectivity index (χ1n) is 6.03. The number of hydrogen-bond acceptors (Lipinski definition) is 5. The van der Waals surface area contributed by atoms with E-state index in [4.69, 9.17) is 9.84 Å². The molecule has 0 aromatic carbocycles. The Labute approximate surface area is 112 Å². The first kappa shape index (κ1) is 17.4. The fourth-order valence-electron chi connectivity index (χ4n) is 1.13. The first-order valence-corrected chi connectivity index (χ1v) is 6.03. The second-order valence-electron chi connectivity index (χ2n) is 5.09. The highest BCUT2D eigenvalue weighted by Crippen LogP contribution is 2.06. The topological polar surface area (TPSA) is 105 Å². The summed E-state index contributed by atoms with van der Waals surface area (Å²) < 4.78 is 4.98. The zero-order chi connectivity index (χ0) is 15.1. The Hall–Kier alpha value is -1.63. The lowest BCUT2D eigenvalue weighted by molar-refractivity contribution is -0.127. The number of carbonyl (C=O) groups is 3. The summed E-state index contributed by atoms with van der Waals surface area (Å²) >= 11 is 0. The van der Waals surface area contributed by atoms with Gasteiger partial charge >= 0.3 is 6.09 Å². The minimum Gasteiger partial charge on any atom is -0.444 e. The fourth-order valence-corrected chi connectivity index (χ4v) is 1.13. The lowest BCUT2D eigenvalue weighted by Gasteiger charge is -2.19. The molecule has 0 saturated heterocycles. The van der Waals surface area contributed by atoms with Crippen LogP contribution in [0.4, 0.5) is 4.79 Å². The van der Waals surface area contributed by atoms with E-state index in [1.165, 1.54) is 6.92 Å². The van der Waals surface area contributed by atoms with Gasteiger partial charge in [0.1, 0.15) is 11.6 Å². The van der Waals surface area contributed by atoms with E-state index < -0.39 is 30.3 Å². The highest BCUT2D eigenvalue weighted by Gasteiger charge is 2.17. The van der Waals surface area contributed by atoms with Crippen LogP contribution in [0, 0.1) is 0 Å². The highest BCUT2D eigenvalue weighted by atomic mass is 16.6. The van der Waals surface area contributed by atoms with Gasteiger partial charge in [-0.15, -0.1) is 0 Å². The molecule has 0 rings (SSSR count). The van der Waals surface area contributed by atoms with Gasteiger partial charge in [-0.3, -0.25) is 9.59 Å². The van der Waals surface area contributed by atoms with Crippen molar-refractivity contribution in [2.24, 2.45) is 0 Å². The Kier molecular flexibility index (Phi) is 7.06. The molecule has 1 atom stereocenters. The lowest BCUT2D eigenvalue weighted by atomic mass is 10.2. The molecule has 0 fully saturated rings. The van der Waals surface area contributed by atoms with Crippen LogP contribution in [0.3, 0.4) is 0 Å². The molecule has 0 aromatic rings. The van der Waals surface area contributed by atoms with E-state index in [1.54, 1.807) is 20.8 Å². The van der Waals surface area contributed by atoms with E-state index in [1.807, 2.05) is 0 Å². The van der Waals surface area contributed by atoms with Gasteiger partial charge in [-0.2, -0.15) is 0 Å². The van der Waals surface area contributed by atoms with Crippen LogP contribution in [-0.4, -0.2) is 47.7 Å². The number of aliphatic hydroxyl groups excluding tert-OH is 1. The van der Waals surface area contributed by atoms with Crippen LogP contribution in [0.2, 0.25) is 0 Å². The van der Waals surface area contributed by atoms with Gasteiger partial charge in [0, 0.05) is 13.0 Å². The summed E-state index contributed by atoms with van der Waals surface area (Å²) in [5, 5.41) is 13.6. The number of Topliss-reactive ketones (excluding diaryl/α,β-unsaturated/α-hetero) is 1. The summed E-state index contributed by atoms with van der Waals surface area (Å²) in [5.41, 5.74) is -0.594. The average molecular weight is 274 g/mol. The molecular formula is C12H22N2O5. The molecule has 7 nitrogen and oxygen atoms in total. The van der Waals surface area contributed by atoms with Crippen molar-refractivity contribution in [3.63, 3.8) is 0 Å². The first-order chi connectivity index (χ1) is 8.65. The normalized spacial score (nSPS) is 12.5. The highest BCUT2D eigenvalue weighted by molar-refractivity contribution is 5.87. The second-order valence-corrected chi connectivity index (χ2v) is 5.09. The molecule has 2 amide bonds. The molecule has 110 valence electrons. The molecule has 0 heterocycles. The van der Waals surface area contributed by atoms with Crippen LogP contribution in [0.15, 0.2) is 0 Å². The number of ketones is 1. The molecule has 1 unspecified atom stereocenters. The van der Waals surface area contributed by atoms with Crippen LogP contribution >= 0.6 is 0 Å². The third-order valence-corrected chi connectivity index (χ3v) is 2.03. The van der Waals surface area contributed by atoms with E-state index in [9.17, 15) is 14.4 Å². The molecule has 0 bridgehead atoms. The van der Waals surface area contributed by atoms with Crippen molar-refractivity contribution in [1.82, 2.24) is 10.6 Å². The van der Waals surface area contributed by atoms with Crippen LogP contribution < -0.4 is 10.6 Å². The Morgan fingerprint density at radius 1 is 1.26 bits per heavy atom. The van der Waals surface area contributed by atoms with Crippen molar-refractivity contribution in [2.45, 2.75) is 45.8 Å². The maximum atomic E-state index is 11.4. The summed E-state index contributed by atoms with van der Waals surface area (Å²) in [4.78, 5) is 33.7. The van der Waals surface area contributed by atoms with E-state index in [0.717, 1.165) is 0 Å². The molecular weight excluding hydrogens is 252 g/mol. The number of alkyl carbamates (subject to hydrolysis) is 1. The third kappa shape index (κ3) is 9.01. The maximum absolute atomic E-state index is 11.4. The number of hydrogen-bond donors (Lipinski definition) is 3. The van der Waals surface area contributed by atoms with Gasteiger partial charge in [-0.1, -0.05) is 0 Å². The molecule has 7 heteroatoms. The number of aliphatic hydroxyl groups is 1. The molecule has 0 radical (unpaired) electrons. The largest absolute Gasteiger partial charge is 0.444 e. The fraction of sp³-hybridized carbons (Fsp3) is 0.750. The van der Waals surface area contributed by atoms with Gasteiger partial charge < -0.3 is 20.5 Å². The molecule has 0 saturated carbocycles. The van der Waals surface area contributed by atoms with Gasteiger partial charge in [0.05, 0.1) is 6.61 Å². The lowest BCUT2D eigenvalue weighted by Crippen LogP contribution is -2.43. The quantitative estimate of drug-likeness (QED) is 0.630. The van der Waals surface area contributed by atoms with Gasteiger partial charge in [0.2, 0.25) is 5.91 Å². The predicted octanol–water partition coefficient (Wildman–Crippen LogP) is -0.0327. The van der Waals surface area contributed by atoms with Crippen LogP contribution in [0.25, 0.3) is 0 Å². The van der Waals surface area contributed by atoms with Crippen LogP contribution in [0.5, 0.6) is 0 Å². The SMILES string of the molecule is CC(=O)C(CO)NC(=O)CCNC(=O)OC(C)(C)C. The van der Waals surface area contributed by atoms with Crippen molar-refractivity contribution < 1.29 is 24.2 Å². The van der Waals surface area contributed by atoms with Crippen molar-refractivity contribution in [3.8, 4) is 0 Å². The molecule has 3 N–H and O–H groups in total. The van der Waals surface area contributed by atoms with Crippen molar-refractivity contribution in [3.05, 3.63) is 0 Å². The minimum absolute atomic E-state index is 0.00300. The Balaban J connectivity index is 3.92.